The van der Waals surface area contributed by atoms with Gasteiger partial charge in [0.25, 0.3) is 5.91 Å². The van der Waals surface area contributed by atoms with Crippen molar-refractivity contribution in [1.82, 2.24) is 25.5 Å². The molecule has 0 saturated carbocycles. The topological polar surface area (TPSA) is 106 Å². The number of aromatic nitrogens is 5. The van der Waals surface area contributed by atoms with Crippen molar-refractivity contribution in [1.29, 1.82) is 0 Å². The monoisotopic (exact) mass is 323 g/mol. The molecule has 0 unspecified atom stereocenters. The smallest absolute Gasteiger partial charge is 0.258 e. The molecule has 9 nitrogen and oxygen atoms in total. The molecule has 0 aliphatic rings. The number of amides is 1. The second-order valence-corrected chi connectivity index (χ2v) is 4.48. The highest BCUT2D eigenvalue weighted by molar-refractivity contribution is 5.77. The minimum atomic E-state index is -0.173. The van der Waals surface area contributed by atoms with Gasteiger partial charge in [0.1, 0.15) is 18.6 Å². The molecule has 0 bridgehead atoms. The van der Waals surface area contributed by atoms with Crippen LogP contribution in [0.15, 0.2) is 30.9 Å². The Bertz CT molecular complexity index is 544. The quantitative estimate of drug-likeness (QED) is 0.615. The lowest BCUT2D eigenvalue weighted by Gasteiger charge is -2.06. The lowest BCUT2D eigenvalue weighted by atomic mass is 10.4. The van der Waals surface area contributed by atoms with Crippen LogP contribution in [0.2, 0.25) is 0 Å². The summed E-state index contributed by atoms with van der Waals surface area (Å²) in [5, 5.41) is 20.5. The molecule has 126 valence electrons. The van der Waals surface area contributed by atoms with Gasteiger partial charge in [-0.1, -0.05) is 6.92 Å². The molecule has 1 amide bonds. The van der Waals surface area contributed by atoms with E-state index in [0.717, 1.165) is 20.1 Å². The third kappa shape index (κ3) is 7.32. The highest BCUT2D eigenvalue weighted by atomic mass is 16.5. The Morgan fingerprint density at radius 1 is 1.39 bits per heavy atom. The van der Waals surface area contributed by atoms with Gasteiger partial charge in [0, 0.05) is 32.2 Å². The fourth-order valence-corrected chi connectivity index (χ4v) is 1.74. The van der Waals surface area contributed by atoms with E-state index in [0.29, 0.717) is 18.8 Å². The number of aryl methyl sites for hydroxylation is 1. The summed E-state index contributed by atoms with van der Waals surface area (Å²) in [6, 6.07) is 3.70. The van der Waals surface area contributed by atoms with Crippen LogP contribution in [-0.2, 0) is 17.9 Å². The normalized spacial score (nSPS) is 9.70. The number of nitrogens with zero attached hydrogens (tertiary/aromatic N) is 5. The summed E-state index contributed by atoms with van der Waals surface area (Å²) in [5.74, 6) is 0.506. The van der Waals surface area contributed by atoms with E-state index in [-0.39, 0.29) is 12.5 Å². The van der Waals surface area contributed by atoms with E-state index in [4.69, 9.17) is 9.84 Å². The van der Waals surface area contributed by atoms with Crippen molar-refractivity contribution in [3.63, 3.8) is 0 Å². The van der Waals surface area contributed by atoms with Crippen LogP contribution in [-0.4, -0.2) is 51.5 Å². The summed E-state index contributed by atoms with van der Waals surface area (Å²) >= 11 is 0. The molecule has 0 radical (unpaired) electrons. The van der Waals surface area contributed by atoms with Crippen molar-refractivity contribution >= 4 is 5.91 Å². The van der Waals surface area contributed by atoms with E-state index in [1.165, 1.54) is 6.33 Å². The van der Waals surface area contributed by atoms with Crippen LogP contribution in [0.5, 0.6) is 5.75 Å². The molecule has 0 aliphatic heterocycles. The summed E-state index contributed by atoms with van der Waals surface area (Å²) in [4.78, 5) is 11.6. The fraction of sp³-hybridized carbons (Fsp3) is 0.500. The summed E-state index contributed by atoms with van der Waals surface area (Å²) in [5.41, 5.74) is 0. The largest absolute Gasteiger partial charge is 0.483 e. The summed E-state index contributed by atoms with van der Waals surface area (Å²) in [6.07, 6.45) is 6.45. The van der Waals surface area contributed by atoms with Gasteiger partial charge in [-0.25, -0.2) is 9.25 Å². The van der Waals surface area contributed by atoms with Crippen molar-refractivity contribution in [2.75, 3.05) is 20.3 Å². The van der Waals surface area contributed by atoms with Gasteiger partial charge in [0.05, 0.1) is 6.54 Å². The lowest BCUT2D eigenvalue weighted by Crippen LogP contribution is -2.33. The zero-order chi connectivity index (χ0) is 16.9. The Morgan fingerprint density at radius 3 is 2.74 bits per heavy atom. The number of carbonyl (C=O) groups excluding carboxylic acids is 1. The molecule has 9 heteroatoms. The number of aliphatic hydroxyl groups is 1. The Morgan fingerprint density at radius 2 is 2.13 bits per heavy atom. The summed E-state index contributed by atoms with van der Waals surface area (Å²) in [6.45, 7) is 4.07. The van der Waals surface area contributed by atoms with Gasteiger partial charge in [-0.3, -0.25) is 4.79 Å². The number of pyridine rings is 1. The van der Waals surface area contributed by atoms with Gasteiger partial charge in [0.15, 0.2) is 19.0 Å². The average molecular weight is 323 g/mol. The SMILES string of the molecule is CCC[n+]1ccc(OCC(=O)NCCn2cnnn2)cc1.CO. The Hall–Kier alpha value is -2.55. The first-order valence-corrected chi connectivity index (χ1v) is 7.32. The first-order valence-electron chi connectivity index (χ1n) is 7.32. The molecule has 0 atom stereocenters. The molecule has 0 aromatic carbocycles. The molecule has 0 fully saturated rings. The zero-order valence-corrected chi connectivity index (χ0v) is 13.4. The molecule has 2 heterocycles. The average Bonchev–Trinajstić information content (AvgIpc) is 3.10. The van der Waals surface area contributed by atoms with E-state index >= 15 is 0 Å². The number of carbonyl (C=O) groups is 1. The highest BCUT2D eigenvalue weighted by Gasteiger charge is 2.04. The molecule has 2 aromatic rings. The van der Waals surface area contributed by atoms with Crippen LogP contribution in [0, 0.1) is 0 Å². The van der Waals surface area contributed by atoms with Crippen molar-refractivity contribution in [2.24, 2.45) is 0 Å². The number of nitrogens with one attached hydrogen (secondary N) is 1. The number of tetrazole rings is 1. The second-order valence-electron chi connectivity index (χ2n) is 4.48. The number of hydrogen-bond acceptors (Lipinski definition) is 6. The molecule has 2 aromatic heterocycles. The third-order valence-electron chi connectivity index (χ3n) is 2.77. The molecular weight excluding hydrogens is 300 g/mol. The van der Waals surface area contributed by atoms with Crippen LogP contribution in [0.25, 0.3) is 0 Å². The minimum absolute atomic E-state index is 0.00655. The highest BCUT2D eigenvalue weighted by Crippen LogP contribution is 2.05. The van der Waals surface area contributed by atoms with Crippen molar-refractivity contribution in [2.45, 2.75) is 26.4 Å². The first kappa shape index (κ1) is 18.5. The number of ether oxygens (including phenoxy) is 1. The molecular formula is C14H23N6O3+. The summed E-state index contributed by atoms with van der Waals surface area (Å²) < 4.78 is 9.03. The van der Waals surface area contributed by atoms with Gasteiger partial charge >= 0.3 is 0 Å². The van der Waals surface area contributed by atoms with Gasteiger partial charge < -0.3 is 15.2 Å². The Balaban J connectivity index is 0.00000127. The number of aliphatic hydroxyl groups excluding tert-OH is 1. The van der Waals surface area contributed by atoms with Crippen molar-refractivity contribution in [3.8, 4) is 5.75 Å². The maximum Gasteiger partial charge on any atom is 0.258 e. The van der Waals surface area contributed by atoms with E-state index in [1.54, 1.807) is 4.68 Å². The fourth-order valence-electron chi connectivity index (χ4n) is 1.74. The minimum Gasteiger partial charge on any atom is -0.483 e. The van der Waals surface area contributed by atoms with Gasteiger partial charge in [-0.15, -0.1) is 5.10 Å². The van der Waals surface area contributed by atoms with E-state index in [2.05, 4.69) is 32.3 Å². The molecule has 0 aliphatic carbocycles. The first-order chi connectivity index (χ1) is 11.3. The van der Waals surface area contributed by atoms with Gasteiger partial charge in [-0.2, -0.15) is 0 Å². The van der Waals surface area contributed by atoms with E-state index < -0.39 is 0 Å². The molecule has 2 N–H and O–H groups in total. The second kappa shape index (κ2) is 11.1. The summed E-state index contributed by atoms with van der Waals surface area (Å²) in [7, 11) is 1.00. The van der Waals surface area contributed by atoms with Crippen LogP contribution < -0.4 is 14.6 Å². The number of hydrogen-bond donors (Lipinski definition) is 2. The number of rotatable bonds is 8. The lowest BCUT2D eigenvalue weighted by molar-refractivity contribution is -0.697. The Kier molecular flexibility index (Phi) is 8.91. The maximum absolute atomic E-state index is 11.6. The van der Waals surface area contributed by atoms with E-state index in [9.17, 15) is 4.79 Å². The van der Waals surface area contributed by atoms with Crippen LogP contribution in [0.4, 0.5) is 0 Å². The maximum atomic E-state index is 11.6. The molecule has 23 heavy (non-hydrogen) atoms. The van der Waals surface area contributed by atoms with Crippen LogP contribution >= 0.6 is 0 Å². The zero-order valence-electron chi connectivity index (χ0n) is 13.4. The van der Waals surface area contributed by atoms with Crippen LogP contribution in [0.1, 0.15) is 13.3 Å². The van der Waals surface area contributed by atoms with Crippen LogP contribution in [0.3, 0.4) is 0 Å². The third-order valence-corrected chi connectivity index (χ3v) is 2.77. The predicted molar refractivity (Wildman–Crippen MR) is 81.4 cm³/mol. The molecule has 0 saturated heterocycles. The van der Waals surface area contributed by atoms with Crippen molar-refractivity contribution < 1.29 is 19.2 Å². The van der Waals surface area contributed by atoms with Gasteiger partial charge in [0.2, 0.25) is 0 Å². The predicted octanol–water partition coefficient (Wildman–Crippen LogP) is -0.826. The molecule has 0 spiro atoms. The van der Waals surface area contributed by atoms with Gasteiger partial charge in [-0.05, 0) is 10.4 Å². The standard InChI is InChI=1S/C13H18N6O2.CH4O/c1-2-6-18-7-3-12(4-8-18)21-10-13(20)14-5-9-19-11-15-16-17-19;1-2/h3-4,7-8,11H,2,5-6,9-10H2,1H3;2H,1H3/p+1. The van der Waals surface area contributed by atoms with Crippen molar-refractivity contribution in [3.05, 3.63) is 30.9 Å². The van der Waals surface area contributed by atoms with E-state index in [1.807, 2.05) is 24.5 Å². The Labute approximate surface area is 134 Å². The molecule has 2 rings (SSSR count).